The van der Waals surface area contributed by atoms with Gasteiger partial charge in [0.2, 0.25) is 0 Å². The summed E-state index contributed by atoms with van der Waals surface area (Å²) in [6.45, 7) is 3.13. The first kappa shape index (κ1) is 7.55. The summed E-state index contributed by atoms with van der Waals surface area (Å²) in [4.78, 5) is 4.12. The Bertz CT molecular complexity index is 292. The van der Waals surface area contributed by atoms with Crippen molar-refractivity contribution < 1.29 is 0 Å². The number of hydrogen-bond acceptors (Lipinski definition) is 3. The lowest BCUT2D eigenvalue weighted by Crippen LogP contribution is -2.35. The average molecular weight is 163 g/mol. The lowest BCUT2D eigenvalue weighted by atomic mass is 9.98. The molecule has 1 aromatic rings. The molecule has 1 aliphatic heterocycles. The largest absolute Gasteiger partial charge is 0.383 e. The van der Waals surface area contributed by atoms with Crippen LogP contribution in [0.25, 0.3) is 0 Å². The highest BCUT2D eigenvalue weighted by Gasteiger charge is 2.20. The molecule has 2 rings (SSSR count). The Morgan fingerprint density at radius 2 is 2.42 bits per heavy atom. The van der Waals surface area contributed by atoms with Gasteiger partial charge in [-0.2, -0.15) is 0 Å². The monoisotopic (exact) mass is 163 g/mol. The van der Waals surface area contributed by atoms with E-state index >= 15 is 0 Å². The summed E-state index contributed by atoms with van der Waals surface area (Å²) >= 11 is 0. The molecule has 3 heteroatoms. The van der Waals surface area contributed by atoms with Gasteiger partial charge in [-0.25, -0.2) is 4.98 Å². The fraction of sp³-hybridized carbons (Fsp3) is 0.444. The third kappa shape index (κ3) is 1.16. The first-order valence-corrected chi connectivity index (χ1v) is 4.23. The van der Waals surface area contributed by atoms with E-state index in [4.69, 9.17) is 5.73 Å². The van der Waals surface area contributed by atoms with Crippen molar-refractivity contribution in [2.24, 2.45) is 0 Å². The van der Waals surface area contributed by atoms with Crippen LogP contribution in [0.1, 0.15) is 23.6 Å². The number of nitrogens with two attached hydrogens (primary N) is 1. The molecule has 1 saturated heterocycles. The van der Waals surface area contributed by atoms with Crippen molar-refractivity contribution in [2.75, 3.05) is 12.3 Å². The van der Waals surface area contributed by atoms with Gasteiger partial charge in [-0.3, -0.25) is 0 Å². The van der Waals surface area contributed by atoms with Gasteiger partial charge >= 0.3 is 0 Å². The van der Waals surface area contributed by atoms with Gasteiger partial charge in [0.15, 0.2) is 0 Å². The van der Waals surface area contributed by atoms with Gasteiger partial charge in [0, 0.05) is 17.8 Å². The minimum atomic E-state index is 0.442. The van der Waals surface area contributed by atoms with Crippen molar-refractivity contribution in [3.8, 4) is 0 Å². The molecular weight excluding hydrogens is 150 g/mol. The van der Waals surface area contributed by atoms with Crippen LogP contribution in [0.4, 0.5) is 5.82 Å². The van der Waals surface area contributed by atoms with E-state index in [0.717, 1.165) is 12.1 Å². The molecule has 0 aliphatic carbocycles. The highest BCUT2D eigenvalue weighted by molar-refractivity contribution is 5.43. The van der Waals surface area contributed by atoms with E-state index in [9.17, 15) is 0 Å². The van der Waals surface area contributed by atoms with Crippen LogP contribution in [0.5, 0.6) is 0 Å². The zero-order chi connectivity index (χ0) is 8.55. The molecule has 0 radical (unpaired) electrons. The molecule has 1 fully saturated rings. The van der Waals surface area contributed by atoms with Gasteiger partial charge in [-0.05, 0) is 31.5 Å². The van der Waals surface area contributed by atoms with E-state index in [1.165, 1.54) is 12.0 Å². The molecule has 3 N–H and O–H groups in total. The number of hydrogen-bond donors (Lipinski definition) is 2. The normalized spacial score (nSPS) is 21.9. The second-order valence-electron chi connectivity index (χ2n) is 3.28. The smallest absolute Gasteiger partial charge is 0.128 e. The summed E-state index contributed by atoms with van der Waals surface area (Å²) in [6, 6.07) is 2.55. The first-order valence-electron chi connectivity index (χ1n) is 4.23. The van der Waals surface area contributed by atoms with Gasteiger partial charge in [0.1, 0.15) is 5.82 Å². The third-order valence-electron chi connectivity index (χ3n) is 2.29. The molecule has 1 aromatic heterocycles. The molecule has 1 aliphatic rings. The molecule has 0 saturated carbocycles. The van der Waals surface area contributed by atoms with Crippen LogP contribution in [-0.4, -0.2) is 11.5 Å². The Hall–Kier alpha value is -1.09. The lowest BCUT2D eigenvalue weighted by molar-refractivity contribution is 0.383. The fourth-order valence-electron chi connectivity index (χ4n) is 1.44. The highest BCUT2D eigenvalue weighted by atomic mass is 15.0. The van der Waals surface area contributed by atoms with Crippen molar-refractivity contribution >= 4 is 5.82 Å². The first-order chi connectivity index (χ1) is 5.77. The lowest BCUT2D eigenvalue weighted by Gasteiger charge is -2.28. The van der Waals surface area contributed by atoms with E-state index < -0.39 is 0 Å². The second-order valence-corrected chi connectivity index (χ2v) is 3.28. The number of nitrogen functional groups attached to an aromatic ring is 1. The molecule has 64 valence electrons. The van der Waals surface area contributed by atoms with Gasteiger partial charge in [0.05, 0.1) is 0 Å². The SMILES string of the molecule is Cc1cnc(N)c([C@@H]2CCN2)c1. The second kappa shape index (κ2) is 2.75. The van der Waals surface area contributed by atoms with E-state index in [2.05, 4.69) is 16.4 Å². The van der Waals surface area contributed by atoms with Crippen molar-refractivity contribution in [1.29, 1.82) is 0 Å². The molecule has 0 unspecified atom stereocenters. The van der Waals surface area contributed by atoms with Crippen molar-refractivity contribution in [1.82, 2.24) is 10.3 Å². The minimum absolute atomic E-state index is 0.442. The highest BCUT2D eigenvalue weighted by Crippen LogP contribution is 2.26. The predicted molar refractivity (Wildman–Crippen MR) is 48.7 cm³/mol. The fourth-order valence-corrected chi connectivity index (χ4v) is 1.44. The molecule has 2 heterocycles. The molecule has 1 atom stereocenters. The number of rotatable bonds is 1. The predicted octanol–water partition coefficient (Wildman–Crippen LogP) is 1.01. The Labute approximate surface area is 72.0 Å². The number of aryl methyl sites for hydroxylation is 1. The molecule has 0 aromatic carbocycles. The molecule has 3 nitrogen and oxygen atoms in total. The van der Waals surface area contributed by atoms with Crippen LogP contribution in [0, 0.1) is 6.92 Å². The molecule has 0 spiro atoms. The van der Waals surface area contributed by atoms with Crippen LogP contribution < -0.4 is 11.1 Å². The minimum Gasteiger partial charge on any atom is -0.383 e. The summed E-state index contributed by atoms with van der Waals surface area (Å²) in [5.74, 6) is 0.665. The van der Waals surface area contributed by atoms with Crippen LogP contribution >= 0.6 is 0 Å². The third-order valence-corrected chi connectivity index (χ3v) is 2.29. The van der Waals surface area contributed by atoms with Gasteiger partial charge < -0.3 is 11.1 Å². The maximum absolute atomic E-state index is 5.75. The quantitative estimate of drug-likeness (QED) is 0.649. The number of nitrogens with zero attached hydrogens (tertiary/aromatic N) is 1. The van der Waals surface area contributed by atoms with E-state index in [-0.39, 0.29) is 0 Å². The molecule has 0 bridgehead atoms. The Morgan fingerprint density at radius 1 is 1.67 bits per heavy atom. The van der Waals surface area contributed by atoms with Crippen LogP contribution in [-0.2, 0) is 0 Å². The van der Waals surface area contributed by atoms with Gasteiger partial charge in [-0.1, -0.05) is 0 Å². The zero-order valence-corrected chi connectivity index (χ0v) is 7.17. The molecule has 0 amide bonds. The summed E-state index contributed by atoms with van der Waals surface area (Å²) in [5.41, 5.74) is 8.08. The number of aromatic nitrogens is 1. The molecular formula is C9H13N3. The van der Waals surface area contributed by atoms with Crippen molar-refractivity contribution in [3.63, 3.8) is 0 Å². The van der Waals surface area contributed by atoms with E-state index in [1.54, 1.807) is 6.20 Å². The average Bonchev–Trinajstić information content (AvgIpc) is 1.93. The van der Waals surface area contributed by atoms with Crippen LogP contribution in [0.3, 0.4) is 0 Å². The van der Waals surface area contributed by atoms with E-state index in [0.29, 0.717) is 11.9 Å². The van der Waals surface area contributed by atoms with Gasteiger partial charge in [-0.15, -0.1) is 0 Å². The standard InChI is InChI=1S/C9H13N3/c1-6-4-7(8-2-3-11-8)9(10)12-5-6/h4-5,8,11H,2-3H2,1H3,(H2,10,12)/t8-/m0/s1. The summed E-state index contributed by atoms with van der Waals surface area (Å²) < 4.78 is 0. The summed E-state index contributed by atoms with van der Waals surface area (Å²) in [5, 5.41) is 3.31. The Kier molecular flexibility index (Phi) is 1.73. The van der Waals surface area contributed by atoms with Crippen LogP contribution in [0.15, 0.2) is 12.3 Å². The summed E-state index contributed by atoms with van der Waals surface area (Å²) in [7, 11) is 0. The maximum atomic E-state index is 5.75. The zero-order valence-electron chi connectivity index (χ0n) is 7.17. The van der Waals surface area contributed by atoms with Gasteiger partial charge in [0.25, 0.3) is 0 Å². The maximum Gasteiger partial charge on any atom is 0.128 e. The topological polar surface area (TPSA) is 50.9 Å². The van der Waals surface area contributed by atoms with E-state index in [1.807, 2.05) is 6.92 Å². The Balaban J connectivity index is 2.34. The Morgan fingerprint density at radius 3 is 3.00 bits per heavy atom. The van der Waals surface area contributed by atoms with Crippen molar-refractivity contribution in [2.45, 2.75) is 19.4 Å². The number of pyridine rings is 1. The molecule has 12 heavy (non-hydrogen) atoms. The van der Waals surface area contributed by atoms with Crippen molar-refractivity contribution in [3.05, 3.63) is 23.4 Å². The van der Waals surface area contributed by atoms with Crippen LogP contribution in [0.2, 0.25) is 0 Å². The number of anilines is 1. The number of nitrogens with one attached hydrogen (secondary N) is 1. The summed E-state index contributed by atoms with van der Waals surface area (Å²) in [6.07, 6.45) is 2.98.